The predicted octanol–water partition coefficient (Wildman–Crippen LogP) is 12.0. The van der Waals surface area contributed by atoms with Gasteiger partial charge in [-0.05, 0) is 63.2 Å². The largest absolute Gasteiger partial charge is 0.350 e. The van der Waals surface area contributed by atoms with Gasteiger partial charge in [-0.3, -0.25) is 0 Å². The normalized spacial score (nSPS) is 13.8. The molecular weight excluding hydrogens is 452 g/mol. The lowest BCUT2D eigenvalue weighted by atomic mass is 9.94. The van der Waals surface area contributed by atoms with Gasteiger partial charge in [0.15, 0.2) is 0 Å². The summed E-state index contributed by atoms with van der Waals surface area (Å²) in [6.07, 6.45) is 17.4. The Hall–Kier alpha value is -1.12. The molecule has 0 radical (unpaired) electrons. The van der Waals surface area contributed by atoms with E-state index < -0.39 is 0 Å². The summed E-state index contributed by atoms with van der Waals surface area (Å²) < 4.78 is 10.8. The van der Waals surface area contributed by atoms with Crippen LogP contribution >= 0.6 is 0 Å². The number of rotatable bonds is 4. The van der Waals surface area contributed by atoms with Crippen LogP contribution in [0.5, 0.6) is 0 Å². The molecule has 0 aliphatic heterocycles. The first kappa shape index (κ1) is 43.0. The molecule has 0 spiro atoms. The number of ether oxygens (including phenoxy) is 2. The minimum absolute atomic E-state index is 0.106. The molecule has 0 rings (SSSR count). The van der Waals surface area contributed by atoms with Crippen LogP contribution in [0.2, 0.25) is 0 Å². The summed E-state index contributed by atoms with van der Waals surface area (Å²) in [5.74, 6) is 0. The zero-order valence-corrected chi connectivity index (χ0v) is 29.1. The number of allylic oxidation sites excluding steroid dienone is 8. The molecule has 0 amide bonds. The minimum atomic E-state index is -0.106. The molecule has 2 nitrogen and oxygen atoms in total. The maximum absolute atomic E-state index is 5.38. The Morgan fingerprint density at radius 2 is 0.514 bits per heavy atom. The van der Waals surface area contributed by atoms with Gasteiger partial charge in [0.1, 0.15) is 6.79 Å². The van der Waals surface area contributed by atoms with Gasteiger partial charge in [-0.2, -0.15) is 0 Å². The quantitative estimate of drug-likeness (QED) is 0.270. The molecule has 0 aliphatic rings. The van der Waals surface area contributed by atoms with Gasteiger partial charge < -0.3 is 9.47 Å². The molecule has 0 N–H and O–H groups in total. The average Bonchev–Trinajstić information content (AvgIpc) is 2.60. The van der Waals surface area contributed by atoms with Crippen LogP contribution in [0.3, 0.4) is 0 Å². The number of hydrogen-bond acceptors (Lipinski definition) is 2. The van der Waals surface area contributed by atoms with Crippen LogP contribution in [0, 0.1) is 21.7 Å². The second kappa shape index (κ2) is 19.0. The van der Waals surface area contributed by atoms with Crippen molar-refractivity contribution in [1.82, 2.24) is 0 Å². The molecule has 0 saturated carbocycles. The molecule has 37 heavy (non-hydrogen) atoms. The van der Waals surface area contributed by atoms with Gasteiger partial charge in [0.05, 0.1) is 11.2 Å². The summed E-state index contributed by atoms with van der Waals surface area (Å²) in [7, 11) is 0. The van der Waals surface area contributed by atoms with Crippen molar-refractivity contribution >= 4 is 0 Å². The van der Waals surface area contributed by atoms with Crippen LogP contribution in [-0.2, 0) is 9.47 Å². The number of hydrogen-bond donors (Lipinski definition) is 0. The van der Waals surface area contributed by atoms with E-state index in [1.54, 1.807) is 0 Å². The van der Waals surface area contributed by atoms with Crippen LogP contribution in [0.25, 0.3) is 0 Å². The van der Waals surface area contributed by atoms with Crippen LogP contribution in [0.4, 0.5) is 0 Å². The molecule has 0 unspecified atom stereocenters. The van der Waals surface area contributed by atoms with E-state index in [2.05, 4.69) is 132 Å². The van der Waals surface area contributed by atoms with E-state index in [9.17, 15) is 0 Å². The van der Waals surface area contributed by atoms with Gasteiger partial charge in [0, 0.05) is 0 Å². The van der Waals surface area contributed by atoms with Crippen molar-refractivity contribution in [3.05, 3.63) is 48.6 Å². The van der Waals surface area contributed by atoms with Crippen molar-refractivity contribution in [2.45, 2.75) is 150 Å². The average molecular weight is 523 g/mol. The molecule has 0 fully saturated rings. The summed E-state index contributed by atoms with van der Waals surface area (Å²) in [6, 6.07) is 0. The van der Waals surface area contributed by atoms with Gasteiger partial charge >= 0.3 is 0 Å². The Bertz CT molecular complexity index is 530. The first-order valence-electron chi connectivity index (χ1n) is 14.1. The summed E-state index contributed by atoms with van der Waals surface area (Å²) in [5.41, 5.74) is 0.964. The molecule has 0 saturated heterocycles. The van der Waals surface area contributed by atoms with E-state index in [1.807, 2.05) is 55.4 Å². The third-order valence-corrected chi connectivity index (χ3v) is 3.59. The molecular formula is C35H70O2. The molecule has 0 heterocycles. The molecule has 0 aromatic carbocycles. The Labute approximate surface area is 236 Å². The molecule has 0 atom stereocenters. The minimum Gasteiger partial charge on any atom is -0.350 e. The molecule has 0 aliphatic carbocycles. The highest BCUT2D eigenvalue weighted by atomic mass is 16.7. The smallest absolute Gasteiger partial charge is 0.148 e. The first-order chi connectivity index (χ1) is 16.1. The summed E-state index contributed by atoms with van der Waals surface area (Å²) in [6.45, 7) is 42.9. The SMILES string of the molecule is CC.CC(C)(C)/C=C\C=C/C(C)(C)C.CC(C)(C)/C=C\C=C/C(C)(C)C.CC(C)(C)OCOC(C)(C)C. The predicted molar refractivity (Wildman–Crippen MR) is 172 cm³/mol. The third kappa shape index (κ3) is 60.9. The standard InChI is InChI=1S/2C12H22.C9H20O2.C2H6/c2*1-11(2,3)9-7-8-10-12(4,5)6;1-8(2,3)10-7-11-9(4,5)6;1-2/h2*7-10H,1-6H3;7H2,1-6H3;1-2H3/b2*9-7-,10-8-;;. The van der Waals surface area contributed by atoms with Crippen molar-refractivity contribution < 1.29 is 9.47 Å². The Balaban J connectivity index is -0.000000213. The maximum atomic E-state index is 5.38. The van der Waals surface area contributed by atoms with E-state index >= 15 is 0 Å². The molecule has 222 valence electrons. The highest BCUT2D eigenvalue weighted by molar-refractivity contribution is 5.09. The second-order valence-electron chi connectivity index (χ2n) is 15.5. The fourth-order valence-electron chi connectivity index (χ4n) is 1.76. The first-order valence-corrected chi connectivity index (χ1v) is 14.1. The lowest BCUT2D eigenvalue weighted by Crippen LogP contribution is -2.26. The van der Waals surface area contributed by atoms with Crippen molar-refractivity contribution in [3.63, 3.8) is 0 Å². The van der Waals surface area contributed by atoms with Gasteiger partial charge in [0.25, 0.3) is 0 Å². The molecule has 0 aromatic heterocycles. The lowest BCUT2D eigenvalue weighted by Gasteiger charge is -2.24. The van der Waals surface area contributed by atoms with E-state index in [1.165, 1.54) is 0 Å². The molecule has 2 heteroatoms. The zero-order chi connectivity index (χ0) is 30.8. The zero-order valence-electron chi connectivity index (χ0n) is 29.1. The van der Waals surface area contributed by atoms with Crippen LogP contribution < -0.4 is 0 Å². The van der Waals surface area contributed by atoms with Crippen molar-refractivity contribution in [3.8, 4) is 0 Å². The Morgan fingerprint density at radius 3 is 0.622 bits per heavy atom. The van der Waals surface area contributed by atoms with E-state index in [0.717, 1.165) is 0 Å². The van der Waals surface area contributed by atoms with E-state index in [0.29, 0.717) is 28.5 Å². The van der Waals surface area contributed by atoms with E-state index in [4.69, 9.17) is 9.47 Å². The topological polar surface area (TPSA) is 18.5 Å². The van der Waals surface area contributed by atoms with Crippen molar-refractivity contribution in [2.24, 2.45) is 21.7 Å². The van der Waals surface area contributed by atoms with Crippen molar-refractivity contribution in [2.75, 3.05) is 6.79 Å². The van der Waals surface area contributed by atoms with Gasteiger partial charge in [-0.25, -0.2) is 0 Å². The monoisotopic (exact) mass is 523 g/mol. The summed E-state index contributed by atoms with van der Waals surface area (Å²) in [4.78, 5) is 0. The third-order valence-electron chi connectivity index (χ3n) is 3.59. The van der Waals surface area contributed by atoms with Crippen LogP contribution in [0.1, 0.15) is 138 Å². The Morgan fingerprint density at radius 1 is 0.351 bits per heavy atom. The van der Waals surface area contributed by atoms with Gasteiger partial charge in [0.2, 0.25) is 0 Å². The fraction of sp³-hybridized carbons (Fsp3) is 0.771. The maximum Gasteiger partial charge on any atom is 0.148 e. The summed E-state index contributed by atoms with van der Waals surface area (Å²) >= 11 is 0. The lowest BCUT2D eigenvalue weighted by molar-refractivity contribution is -0.163. The van der Waals surface area contributed by atoms with Crippen LogP contribution in [-0.4, -0.2) is 18.0 Å². The van der Waals surface area contributed by atoms with Gasteiger partial charge in [-0.15, -0.1) is 0 Å². The second-order valence-corrected chi connectivity index (χ2v) is 15.5. The van der Waals surface area contributed by atoms with Gasteiger partial charge in [-0.1, -0.05) is 146 Å². The molecule has 0 aromatic rings. The molecule has 0 bridgehead atoms. The summed E-state index contributed by atoms with van der Waals surface area (Å²) in [5, 5.41) is 0. The Kier molecular flexibility index (Phi) is 22.1. The van der Waals surface area contributed by atoms with Crippen molar-refractivity contribution in [1.29, 1.82) is 0 Å². The highest BCUT2D eigenvalue weighted by Crippen LogP contribution is 2.18. The van der Waals surface area contributed by atoms with E-state index in [-0.39, 0.29) is 11.2 Å². The van der Waals surface area contributed by atoms with Crippen LogP contribution in [0.15, 0.2) is 48.6 Å². The fourth-order valence-corrected chi connectivity index (χ4v) is 1.76. The highest BCUT2D eigenvalue weighted by Gasteiger charge is 2.14.